The lowest BCUT2D eigenvalue weighted by atomic mass is 9.86. The van der Waals surface area contributed by atoms with Crippen molar-refractivity contribution in [3.8, 4) is 16.9 Å². The number of piperidine rings is 1. The number of anilines is 1. The van der Waals surface area contributed by atoms with Gasteiger partial charge in [-0.3, -0.25) is 38.4 Å². The van der Waals surface area contributed by atoms with E-state index in [4.69, 9.17) is 19.8 Å². The number of halogens is 3. The van der Waals surface area contributed by atoms with Crippen LogP contribution >= 0.6 is 0 Å². The normalized spacial score (nSPS) is 21.2. The molecule has 3 saturated heterocycles. The zero-order valence-corrected chi connectivity index (χ0v) is 35.6. The molecule has 3 aliphatic heterocycles. The first-order valence-corrected chi connectivity index (χ1v) is 21.9. The molecule has 0 unspecified atom stereocenters. The minimum absolute atomic E-state index is 0.103. The molecule has 3 N–H and O–H groups in total. The Bertz CT molecular complexity index is 2920. The van der Waals surface area contributed by atoms with E-state index in [0.29, 0.717) is 43.6 Å². The van der Waals surface area contributed by atoms with Crippen molar-refractivity contribution >= 4 is 45.6 Å². The number of morpholine rings is 1. The van der Waals surface area contributed by atoms with Gasteiger partial charge in [-0.05, 0) is 79.8 Å². The Morgan fingerprint density at radius 3 is 2.49 bits per heavy atom. The second-order valence-electron chi connectivity index (χ2n) is 17.8. The minimum atomic E-state index is -1.79. The van der Waals surface area contributed by atoms with Crippen LogP contribution in [-0.4, -0.2) is 108 Å². The second-order valence-corrected chi connectivity index (χ2v) is 17.8. The molecule has 0 radical (unpaired) electrons. The topological polar surface area (TPSA) is 182 Å². The molecular formula is C46H47F3N10O6. The lowest BCUT2D eigenvalue weighted by Gasteiger charge is -2.53. The van der Waals surface area contributed by atoms with E-state index in [1.165, 1.54) is 4.57 Å². The maximum Gasteiger partial charge on any atom is 0.329 e. The van der Waals surface area contributed by atoms with E-state index in [1.807, 2.05) is 59.7 Å². The van der Waals surface area contributed by atoms with Crippen LogP contribution in [0.5, 0.6) is 5.75 Å². The van der Waals surface area contributed by atoms with Crippen molar-refractivity contribution in [3.05, 3.63) is 100 Å². The van der Waals surface area contributed by atoms with E-state index < -0.39 is 46.6 Å². The fraction of sp³-hybridized carbons (Fsp3) is 0.413. The molecule has 10 rings (SSSR count). The minimum Gasteiger partial charge on any atom is -0.503 e. The number of imide groups is 1. The molecular weight excluding hydrogens is 846 g/mol. The van der Waals surface area contributed by atoms with Gasteiger partial charge in [0.2, 0.25) is 23.6 Å². The van der Waals surface area contributed by atoms with Gasteiger partial charge in [-0.15, -0.1) is 0 Å². The predicted octanol–water partition coefficient (Wildman–Crippen LogP) is 4.54. The number of phenolic OH excluding ortho intramolecular Hbond substituents is 1. The highest BCUT2D eigenvalue weighted by molar-refractivity contribution is 6.00. The zero-order valence-electron chi connectivity index (χ0n) is 35.6. The summed E-state index contributed by atoms with van der Waals surface area (Å²) in [6.07, 6.45) is 10.1. The Labute approximate surface area is 370 Å². The molecule has 6 aromatic rings. The van der Waals surface area contributed by atoms with Crippen molar-refractivity contribution in [2.24, 2.45) is 13.0 Å². The summed E-state index contributed by atoms with van der Waals surface area (Å²) in [6.45, 7) is 4.60. The van der Waals surface area contributed by atoms with E-state index >= 15 is 0 Å². The van der Waals surface area contributed by atoms with Crippen LogP contribution in [-0.2, 0) is 27.8 Å². The summed E-state index contributed by atoms with van der Waals surface area (Å²) in [5.74, 6) is -7.19. The number of carbonyl (C=O) groups is 3. The van der Waals surface area contributed by atoms with Gasteiger partial charge in [-0.2, -0.15) is 9.49 Å². The van der Waals surface area contributed by atoms with Crippen molar-refractivity contribution < 1.29 is 37.4 Å². The van der Waals surface area contributed by atoms with E-state index in [2.05, 4.69) is 20.4 Å². The van der Waals surface area contributed by atoms with Gasteiger partial charge < -0.3 is 20.1 Å². The molecule has 1 atom stereocenters. The molecule has 4 aliphatic rings. The number of carbonyl (C=O) groups excluding carboxylic acids is 3. The first-order valence-electron chi connectivity index (χ1n) is 21.9. The van der Waals surface area contributed by atoms with Gasteiger partial charge in [0.15, 0.2) is 17.4 Å². The van der Waals surface area contributed by atoms with Crippen molar-refractivity contribution in [2.75, 3.05) is 50.8 Å². The lowest BCUT2D eigenvalue weighted by molar-refractivity contribution is -0.135. The van der Waals surface area contributed by atoms with Crippen LogP contribution in [0.3, 0.4) is 0 Å². The quantitative estimate of drug-likeness (QED) is 0.130. The standard InChI is InChI=1S/C46H47F3N10O6/c1-55-37-16-26(4-9-35(37)59(45(55)64)36-10-11-38(60)53-43(36)63)12-13-56-14-15-65-46(23-56)24-57(25-46)44-51-20-30(21-52-44)28-5-6-29-22-58(54-34(29)17-28)31-7-2-27(3-8-31)19-50-42(62)32-18-33(47)41(61)40(49)39(32)48/h4-6,9,16-18,20-22,27,31,36,61H,2-3,7-8,10-15,19,23-25H2,1H3,(H,50,62)(H,53,60,63)/t27?,31?,36-/m1/s1. The Balaban J connectivity index is 0.710. The van der Waals surface area contributed by atoms with E-state index in [-0.39, 0.29) is 42.1 Å². The van der Waals surface area contributed by atoms with Crippen LogP contribution in [0.15, 0.2) is 65.8 Å². The van der Waals surface area contributed by atoms with Gasteiger partial charge in [-0.1, -0.05) is 18.2 Å². The Morgan fingerprint density at radius 1 is 0.938 bits per heavy atom. The number of rotatable bonds is 10. The van der Waals surface area contributed by atoms with Crippen molar-refractivity contribution in [3.63, 3.8) is 0 Å². The molecule has 3 aromatic carbocycles. The molecule has 19 heteroatoms. The number of amides is 3. The summed E-state index contributed by atoms with van der Waals surface area (Å²) < 4.78 is 53.1. The van der Waals surface area contributed by atoms with Crippen LogP contribution in [0.1, 0.15) is 66.5 Å². The summed E-state index contributed by atoms with van der Waals surface area (Å²) in [6, 6.07) is 11.9. The number of ether oxygens (including phenoxy) is 1. The van der Waals surface area contributed by atoms with Gasteiger partial charge in [0, 0.05) is 69.2 Å². The second kappa shape index (κ2) is 16.8. The van der Waals surface area contributed by atoms with Gasteiger partial charge in [0.25, 0.3) is 5.91 Å². The third-order valence-electron chi connectivity index (χ3n) is 13.6. The molecule has 1 spiro atoms. The number of benzene rings is 3. The number of hydrogen-bond donors (Lipinski definition) is 3. The number of nitrogens with zero attached hydrogens (tertiary/aromatic N) is 8. The molecule has 65 heavy (non-hydrogen) atoms. The van der Waals surface area contributed by atoms with Crippen molar-refractivity contribution in [2.45, 2.75) is 62.6 Å². The lowest BCUT2D eigenvalue weighted by Crippen LogP contribution is -2.70. The SMILES string of the molecule is Cn1c(=O)n([C@@H]2CCC(=O)NC2=O)c2ccc(CCN3CCOC4(C3)CN(c3ncc(-c5ccc6cn(C7CCC(CNC(=O)c8cc(F)c(O)c(F)c8F)CC7)nc6c5)cn3)C4)cc21. The molecule has 1 saturated carbocycles. The van der Waals surface area contributed by atoms with Gasteiger partial charge in [0.1, 0.15) is 11.6 Å². The average Bonchev–Trinajstić information content (AvgIpc) is 3.84. The summed E-state index contributed by atoms with van der Waals surface area (Å²) in [7, 11) is 1.71. The third-order valence-corrected chi connectivity index (χ3v) is 13.6. The molecule has 16 nitrogen and oxygen atoms in total. The third kappa shape index (κ3) is 8.00. The molecule has 3 amide bonds. The summed E-state index contributed by atoms with van der Waals surface area (Å²) in [5, 5.41) is 20.1. The van der Waals surface area contributed by atoms with E-state index in [0.717, 1.165) is 84.8 Å². The number of aryl methyl sites for hydroxylation is 1. The number of fused-ring (bicyclic) bond motifs is 2. The smallest absolute Gasteiger partial charge is 0.329 e. The molecule has 1 aliphatic carbocycles. The molecule has 0 bridgehead atoms. The molecule has 338 valence electrons. The average molecular weight is 893 g/mol. The van der Waals surface area contributed by atoms with Crippen LogP contribution in [0.25, 0.3) is 33.1 Å². The number of imidazole rings is 1. The summed E-state index contributed by atoms with van der Waals surface area (Å²) in [5.41, 5.74) is 3.78. The molecule has 6 heterocycles. The maximum atomic E-state index is 14.2. The zero-order chi connectivity index (χ0) is 45.1. The van der Waals surface area contributed by atoms with E-state index in [9.17, 15) is 37.5 Å². The van der Waals surface area contributed by atoms with Crippen LogP contribution in [0.2, 0.25) is 0 Å². The number of aromatic nitrogens is 6. The Hall–Kier alpha value is -6.60. The first kappa shape index (κ1) is 42.4. The van der Waals surface area contributed by atoms with Gasteiger partial charge in [-0.25, -0.2) is 23.5 Å². The van der Waals surface area contributed by atoms with Crippen molar-refractivity contribution in [1.82, 2.24) is 44.4 Å². The monoisotopic (exact) mass is 892 g/mol. The number of hydrogen-bond acceptors (Lipinski definition) is 11. The van der Waals surface area contributed by atoms with Crippen LogP contribution in [0.4, 0.5) is 19.1 Å². The first-order chi connectivity index (χ1) is 31.3. The fourth-order valence-corrected chi connectivity index (χ4v) is 9.91. The Kier molecular flexibility index (Phi) is 10.9. The van der Waals surface area contributed by atoms with Gasteiger partial charge >= 0.3 is 5.69 Å². The number of nitrogens with one attached hydrogen (secondary N) is 2. The summed E-state index contributed by atoms with van der Waals surface area (Å²) in [4.78, 5) is 64.0. The highest BCUT2D eigenvalue weighted by Crippen LogP contribution is 2.35. The highest BCUT2D eigenvalue weighted by Gasteiger charge is 2.48. The van der Waals surface area contributed by atoms with E-state index in [1.54, 1.807) is 11.6 Å². The largest absolute Gasteiger partial charge is 0.503 e. The van der Waals surface area contributed by atoms with Crippen LogP contribution < -0.4 is 21.2 Å². The van der Waals surface area contributed by atoms with Gasteiger partial charge in [0.05, 0.1) is 47.9 Å². The fourth-order valence-electron chi connectivity index (χ4n) is 9.91. The Morgan fingerprint density at radius 2 is 1.72 bits per heavy atom. The summed E-state index contributed by atoms with van der Waals surface area (Å²) >= 11 is 0. The highest BCUT2D eigenvalue weighted by atomic mass is 19.2. The van der Waals surface area contributed by atoms with Crippen LogP contribution in [0, 0.1) is 23.4 Å². The molecule has 3 aromatic heterocycles. The number of aromatic hydroxyl groups is 1. The predicted molar refractivity (Wildman–Crippen MR) is 232 cm³/mol. The molecule has 4 fully saturated rings. The number of phenols is 1. The maximum absolute atomic E-state index is 14.2. The van der Waals surface area contributed by atoms with Crippen molar-refractivity contribution in [1.29, 1.82) is 0 Å².